The van der Waals surface area contributed by atoms with Gasteiger partial charge in [0.25, 0.3) is 0 Å². The van der Waals surface area contributed by atoms with Gasteiger partial charge in [0.1, 0.15) is 17.9 Å². The molecule has 0 bridgehead atoms. The zero-order valence-corrected chi connectivity index (χ0v) is 20.8. The van der Waals surface area contributed by atoms with Crippen molar-refractivity contribution in [1.29, 1.82) is 5.26 Å². The van der Waals surface area contributed by atoms with E-state index in [-0.39, 0.29) is 24.7 Å². The normalized spacial score (nSPS) is 13.7. The number of benzene rings is 3. The maximum absolute atomic E-state index is 12.4. The van der Waals surface area contributed by atoms with Gasteiger partial charge in [-0.15, -0.1) is 0 Å². The molecule has 192 valence electrons. The van der Waals surface area contributed by atoms with Crippen LogP contribution in [0.1, 0.15) is 24.0 Å². The zero-order chi connectivity index (χ0) is 26.5. The van der Waals surface area contributed by atoms with Crippen LogP contribution in [0.15, 0.2) is 71.1 Å². The second kappa shape index (κ2) is 11.2. The molecule has 38 heavy (non-hydrogen) atoms. The molecule has 1 aliphatic rings. The van der Waals surface area contributed by atoms with E-state index in [4.69, 9.17) is 19.2 Å². The fraction of sp³-hybridized carbons (Fsp3) is 0.241. The third-order valence-electron chi connectivity index (χ3n) is 6.32. The van der Waals surface area contributed by atoms with Crippen LogP contribution in [0.3, 0.4) is 0 Å². The van der Waals surface area contributed by atoms with Crippen LogP contribution in [-0.4, -0.2) is 47.7 Å². The molecular formula is C29H26N4O5. The van der Waals surface area contributed by atoms with E-state index in [0.717, 1.165) is 11.1 Å². The van der Waals surface area contributed by atoms with E-state index in [0.29, 0.717) is 59.9 Å². The van der Waals surface area contributed by atoms with Crippen LogP contribution in [0.2, 0.25) is 0 Å². The van der Waals surface area contributed by atoms with Crippen LogP contribution in [0.4, 0.5) is 10.5 Å². The number of nitriles is 1. The maximum atomic E-state index is 12.4. The van der Waals surface area contributed by atoms with Gasteiger partial charge in [-0.05, 0) is 73.9 Å². The summed E-state index contributed by atoms with van der Waals surface area (Å²) >= 11 is 0. The molecule has 0 atom stereocenters. The summed E-state index contributed by atoms with van der Waals surface area (Å²) in [4.78, 5) is 30.9. The molecule has 1 aromatic heterocycles. The van der Waals surface area contributed by atoms with Gasteiger partial charge in [0, 0.05) is 24.3 Å². The second-order valence-corrected chi connectivity index (χ2v) is 9.08. The van der Waals surface area contributed by atoms with Gasteiger partial charge >= 0.3 is 6.09 Å². The summed E-state index contributed by atoms with van der Waals surface area (Å²) in [5, 5.41) is 12.0. The minimum Gasteiger partial charge on any atom is -0.436 e. The molecular weight excluding hydrogens is 484 g/mol. The fourth-order valence-electron chi connectivity index (χ4n) is 4.33. The van der Waals surface area contributed by atoms with Gasteiger partial charge in [-0.25, -0.2) is 9.78 Å². The highest BCUT2D eigenvalue weighted by atomic mass is 16.6. The van der Waals surface area contributed by atoms with Crippen molar-refractivity contribution in [3.63, 3.8) is 0 Å². The lowest BCUT2D eigenvalue weighted by Crippen LogP contribution is -2.42. The Morgan fingerprint density at radius 2 is 1.84 bits per heavy atom. The van der Waals surface area contributed by atoms with Gasteiger partial charge in [-0.2, -0.15) is 5.26 Å². The Kier molecular flexibility index (Phi) is 7.33. The Hall–Kier alpha value is -4.68. The number of piperidine rings is 1. The fourth-order valence-corrected chi connectivity index (χ4v) is 4.33. The average Bonchev–Trinajstić information content (AvgIpc) is 3.38. The van der Waals surface area contributed by atoms with Gasteiger partial charge in [-0.3, -0.25) is 4.79 Å². The highest BCUT2D eigenvalue weighted by Gasteiger charge is 2.25. The lowest BCUT2D eigenvalue weighted by atomic mass is 10.1. The predicted octanol–water partition coefficient (Wildman–Crippen LogP) is 5.29. The molecule has 9 heteroatoms. The Morgan fingerprint density at radius 3 is 2.55 bits per heavy atom. The third kappa shape index (κ3) is 5.82. The zero-order valence-electron chi connectivity index (χ0n) is 20.8. The minimum absolute atomic E-state index is 0.0769. The number of amides is 2. The molecule has 4 aromatic rings. The summed E-state index contributed by atoms with van der Waals surface area (Å²) in [6.45, 7) is 2.81. The summed E-state index contributed by atoms with van der Waals surface area (Å²) in [6, 6.07) is 21.7. The molecule has 0 aliphatic carbocycles. The molecule has 0 saturated carbocycles. The molecule has 1 saturated heterocycles. The first-order valence-electron chi connectivity index (χ1n) is 12.3. The highest BCUT2D eigenvalue weighted by Crippen LogP contribution is 2.28. The van der Waals surface area contributed by atoms with E-state index in [1.54, 1.807) is 41.3 Å². The standard InChI is InChI=1S/C29H26N4O5/c1-19-15-20(17-30)16-25-27(19)38-28(32-25)21-7-9-22(10-8-21)31-26(34)18-36-23-11-13-33(14-12-23)29(35)37-24-5-3-2-4-6-24/h2-10,15-16,23H,11-14,18H2,1H3,(H,31,34). The number of nitrogens with one attached hydrogen (secondary N) is 1. The van der Waals surface area contributed by atoms with Crippen LogP contribution in [0.5, 0.6) is 5.75 Å². The van der Waals surface area contributed by atoms with Crippen LogP contribution >= 0.6 is 0 Å². The number of anilines is 1. The van der Waals surface area contributed by atoms with Crippen molar-refractivity contribution in [3.8, 4) is 23.3 Å². The summed E-state index contributed by atoms with van der Waals surface area (Å²) in [6.07, 6.45) is 0.779. The summed E-state index contributed by atoms with van der Waals surface area (Å²) in [5.41, 5.74) is 4.04. The van der Waals surface area contributed by atoms with Crippen LogP contribution in [-0.2, 0) is 9.53 Å². The lowest BCUT2D eigenvalue weighted by Gasteiger charge is -2.31. The predicted molar refractivity (Wildman–Crippen MR) is 141 cm³/mol. The van der Waals surface area contributed by atoms with Crippen molar-refractivity contribution < 1.29 is 23.5 Å². The van der Waals surface area contributed by atoms with Crippen molar-refractivity contribution in [1.82, 2.24) is 9.88 Å². The van der Waals surface area contributed by atoms with Crippen LogP contribution in [0.25, 0.3) is 22.6 Å². The molecule has 0 radical (unpaired) electrons. The minimum atomic E-state index is -0.379. The van der Waals surface area contributed by atoms with Gasteiger partial charge in [0.05, 0.1) is 17.7 Å². The summed E-state index contributed by atoms with van der Waals surface area (Å²) in [7, 11) is 0. The SMILES string of the molecule is Cc1cc(C#N)cc2nc(-c3ccc(NC(=O)COC4CCN(C(=O)Oc5ccccc5)CC4)cc3)oc12. The van der Waals surface area contributed by atoms with Crippen molar-refractivity contribution in [2.24, 2.45) is 0 Å². The second-order valence-electron chi connectivity index (χ2n) is 9.08. The van der Waals surface area contributed by atoms with E-state index in [1.807, 2.05) is 37.3 Å². The molecule has 1 aliphatic heterocycles. The molecule has 1 N–H and O–H groups in total. The largest absolute Gasteiger partial charge is 0.436 e. The van der Waals surface area contributed by atoms with Crippen LogP contribution < -0.4 is 10.1 Å². The first-order chi connectivity index (χ1) is 18.5. The average molecular weight is 511 g/mol. The topological polar surface area (TPSA) is 118 Å². The molecule has 2 heterocycles. The summed E-state index contributed by atoms with van der Waals surface area (Å²) < 4.78 is 17.1. The number of nitrogens with zero attached hydrogens (tertiary/aromatic N) is 3. The van der Waals surface area contributed by atoms with Crippen LogP contribution in [0, 0.1) is 18.3 Å². The molecule has 0 unspecified atom stereocenters. The quantitative estimate of drug-likeness (QED) is 0.374. The first kappa shape index (κ1) is 25.0. The number of carbonyl (C=O) groups is 2. The van der Waals surface area contributed by atoms with Crippen molar-refractivity contribution in [2.45, 2.75) is 25.9 Å². The Balaban J connectivity index is 1.09. The van der Waals surface area contributed by atoms with Gasteiger partial charge in [0.15, 0.2) is 5.58 Å². The lowest BCUT2D eigenvalue weighted by molar-refractivity contribution is -0.123. The van der Waals surface area contributed by atoms with Gasteiger partial charge < -0.3 is 24.1 Å². The highest BCUT2D eigenvalue weighted by molar-refractivity contribution is 5.92. The number of aryl methyl sites for hydroxylation is 1. The van der Waals surface area contributed by atoms with E-state index in [9.17, 15) is 9.59 Å². The molecule has 5 rings (SSSR count). The number of ether oxygens (including phenoxy) is 2. The number of carbonyl (C=O) groups excluding carboxylic acids is 2. The van der Waals surface area contributed by atoms with Gasteiger partial charge in [0.2, 0.25) is 11.8 Å². The van der Waals surface area contributed by atoms with Gasteiger partial charge in [-0.1, -0.05) is 18.2 Å². The van der Waals surface area contributed by atoms with E-state index in [2.05, 4.69) is 16.4 Å². The van der Waals surface area contributed by atoms with Crippen molar-refractivity contribution in [2.75, 3.05) is 25.0 Å². The smallest absolute Gasteiger partial charge is 0.415 e. The Labute approximate surface area is 219 Å². The molecule has 9 nitrogen and oxygen atoms in total. The van der Waals surface area contributed by atoms with E-state index in [1.165, 1.54) is 0 Å². The Bertz CT molecular complexity index is 1480. The Morgan fingerprint density at radius 1 is 1.11 bits per heavy atom. The van der Waals surface area contributed by atoms with Crippen molar-refractivity contribution in [3.05, 3.63) is 77.9 Å². The number of oxazole rings is 1. The van der Waals surface area contributed by atoms with E-state index >= 15 is 0 Å². The number of rotatable bonds is 6. The monoisotopic (exact) mass is 510 g/mol. The third-order valence-corrected chi connectivity index (χ3v) is 6.32. The molecule has 1 fully saturated rings. The van der Waals surface area contributed by atoms with E-state index < -0.39 is 0 Å². The molecule has 0 spiro atoms. The molecule has 3 aromatic carbocycles. The molecule has 2 amide bonds. The first-order valence-corrected chi connectivity index (χ1v) is 12.3. The number of fused-ring (bicyclic) bond motifs is 1. The maximum Gasteiger partial charge on any atom is 0.415 e. The number of para-hydroxylation sites is 1. The number of aromatic nitrogens is 1. The number of hydrogen-bond acceptors (Lipinski definition) is 7. The van der Waals surface area contributed by atoms with Crippen molar-refractivity contribution >= 4 is 28.8 Å². The summed E-state index contributed by atoms with van der Waals surface area (Å²) in [5.74, 6) is 0.697. The number of hydrogen-bond donors (Lipinski definition) is 1. The number of likely N-dealkylation sites (tertiary alicyclic amines) is 1.